The van der Waals surface area contributed by atoms with Crippen molar-refractivity contribution in [2.45, 2.75) is 6.42 Å². The molecule has 0 fully saturated rings. The Morgan fingerprint density at radius 1 is 1.60 bits per heavy atom. The molecule has 0 unspecified atom stereocenters. The van der Waals surface area contributed by atoms with E-state index >= 15 is 0 Å². The van der Waals surface area contributed by atoms with Crippen molar-refractivity contribution < 1.29 is 0 Å². The molecule has 1 heterocycles. The van der Waals surface area contributed by atoms with Gasteiger partial charge in [0, 0.05) is 12.3 Å². The molecule has 0 saturated carbocycles. The number of allylic oxidation sites excluding steroid dienone is 1. The van der Waals surface area contributed by atoms with Gasteiger partial charge in [0.1, 0.15) is 0 Å². The largest absolute Gasteiger partial charge is 0.329 e. The minimum atomic E-state index is -0.0622. The molecule has 1 rings (SSSR count). The number of hydrogen-bond acceptors (Lipinski definition) is 1. The highest BCUT2D eigenvalue weighted by Crippen LogP contribution is 1.93. The Labute approximate surface area is 59.2 Å². The van der Waals surface area contributed by atoms with Crippen molar-refractivity contribution in [3.63, 3.8) is 0 Å². The van der Waals surface area contributed by atoms with Crippen LogP contribution in [-0.4, -0.2) is 4.98 Å². The Morgan fingerprint density at radius 3 is 2.90 bits per heavy atom. The summed E-state index contributed by atoms with van der Waals surface area (Å²) in [7, 11) is 0. The lowest BCUT2D eigenvalue weighted by atomic mass is 10.2. The van der Waals surface area contributed by atoms with Crippen LogP contribution in [0.5, 0.6) is 0 Å². The first-order valence-corrected chi connectivity index (χ1v) is 3.11. The molecule has 2 heteroatoms. The van der Waals surface area contributed by atoms with E-state index in [-0.39, 0.29) is 5.56 Å². The Hall–Kier alpha value is -1.31. The molecule has 1 aromatic heterocycles. The van der Waals surface area contributed by atoms with Crippen LogP contribution in [0.25, 0.3) is 0 Å². The number of hydrogen-bond donors (Lipinski definition) is 1. The third-order valence-electron chi connectivity index (χ3n) is 1.23. The van der Waals surface area contributed by atoms with E-state index in [9.17, 15) is 4.79 Å². The monoisotopic (exact) mass is 135 g/mol. The van der Waals surface area contributed by atoms with E-state index in [0.717, 1.165) is 12.0 Å². The van der Waals surface area contributed by atoms with Gasteiger partial charge in [0.2, 0.25) is 5.56 Å². The van der Waals surface area contributed by atoms with Gasteiger partial charge in [-0.15, -0.1) is 6.58 Å². The predicted octanol–water partition coefficient (Wildman–Crippen LogP) is 1.10. The summed E-state index contributed by atoms with van der Waals surface area (Å²) in [5.41, 5.74) is 1.02. The zero-order valence-corrected chi connectivity index (χ0v) is 5.63. The van der Waals surface area contributed by atoms with Crippen LogP contribution in [0.3, 0.4) is 0 Å². The van der Waals surface area contributed by atoms with Crippen LogP contribution in [0.4, 0.5) is 0 Å². The molecule has 10 heavy (non-hydrogen) atoms. The topological polar surface area (TPSA) is 32.9 Å². The highest BCUT2D eigenvalue weighted by Gasteiger charge is 1.86. The highest BCUT2D eigenvalue weighted by atomic mass is 16.1. The molecule has 0 bridgehead atoms. The van der Waals surface area contributed by atoms with Crippen molar-refractivity contribution in [2.75, 3.05) is 0 Å². The van der Waals surface area contributed by atoms with Gasteiger partial charge in [-0.05, 0) is 12.0 Å². The number of aromatic nitrogens is 1. The van der Waals surface area contributed by atoms with Crippen molar-refractivity contribution >= 4 is 0 Å². The summed E-state index contributed by atoms with van der Waals surface area (Å²) in [5, 5.41) is 0. The third-order valence-corrected chi connectivity index (χ3v) is 1.23. The lowest BCUT2D eigenvalue weighted by Gasteiger charge is -1.91. The maximum atomic E-state index is 10.5. The molecule has 52 valence electrons. The number of pyridine rings is 1. The molecule has 2 nitrogen and oxygen atoms in total. The van der Waals surface area contributed by atoms with Crippen molar-refractivity contribution in [1.29, 1.82) is 0 Å². The third kappa shape index (κ3) is 1.58. The number of H-pyrrole nitrogens is 1. The number of rotatable bonds is 2. The van der Waals surface area contributed by atoms with Crippen LogP contribution < -0.4 is 5.56 Å². The first-order chi connectivity index (χ1) is 4.83. The molecule has 0 aromatic carbocycles. The van der Waals surface area contributed by atoms with Gasteiger partial charge < -0.3 is 4.98 Å². The second-order valence-corrected chi connectivity index (χ2v) is 2.05. The summed E-state index contributed by atoms with van der Waals surface area (Å²) in [6, 6.07) is 3.30. The average Bonchev–Trinajstić information content (AvgIpc) is 1.95. The molecule has 1 N–H and O–H groups in total. The number of nitrogens with one attached hydrogen (secondary N) is 1. The highest BCUT2D eigenvalue weighted by molar-refractivity contribution is 5.11. The fourth-order valence-corrected chi connectivity index (χ4v) is 0.736. The molecular formula is C8H9NO. The predicted molar refractivity (Wildman–Crippen MR) is 41.0 cm³/mol. The fourth-order valence-electron chi connectivity index (χ4n) is 0.736. The molecule has 0 aliphatic rings. The molecule has 0 aliphatic carbocycles. The molecule has 0 atom stereocenters. The van der Waals surface area contributed by atoms with Gasteiger partial charge in [-0.25, -0.2) is 0 Å². The Bertz CT molecular complexity index is 254. The van der Waals surface area contributed by atoms with E-state index in [1.807, 2.05) is 0 Å². The van der Waals surface area contributed by atoms with Gasteiger partial charge >= 0.3 is 0 Å². The average molecular weight is 135 g/mol. The van der Waals surface area contributed by atoms with E-state index in [0.29, 0.717) is 0 Å². The van der Waals surface area contributed by atoms with E-state index in [1.54, 1.807) is 18.3 Å². The lowest BCUT2D eigenvalue weighted by molar-refractivity contribution is 1.15. The van der Waals surface area contributed by atoms with Gasteiger partial charge in [-0.1, -0.05) is 12.1 Å². The summed E-state index contributed by atoms with van der Waals surface area (Å²) in [4.78, 5) is 13.1. The minimum absolute atomic E-state index is 0.0622. The van der Waals surface area contributed by atoms with Crippen molar-refractivity contribution in [3.8, 4) is 0 Å². The fraction of sp³-hybridized carbons (Fsp3) is 0.125. The summed E-state index contributed by atoms with van der Waals surface area (Å²) >= 11 is 0. The molecule has 0 amide bonds. The summed E-state index contributed by atoms with van der Waals surface area (Å²) < 4.78 is 0. The Kier molecular flexibility index (Phi) is 2.05. The van der Waals surface area contributed by atoms with Gasteiger partial charge in [0.25, 0.3) is 0 Å². The zero-order chi connectivity index (χ0) is 7.40. The SMILES string of the molecule is C=CCc1ccc(=O)[nH]c1. The standard InChI is InChI=1S/C8H9NO/c1-2-3-7-4-5-8(10)9-6-7/h2,4-6H,1,3H2,(H,9,10). The zero-order valence-electron chi connectivity index (χ0n) is 5.63. The van der Waals surface area contributed by atoms with Gasteiger partial charge in [0.15, 0.2) is 0 Å². The van der Waals surface area contributed by atoms with Crippen LogP contribution in [0.1, 0.15) is 5.56 Å². The molecule has 0 spiro atoms. The maximum Gasteiger partial charge on any atom is 0.247 e. The Morgan fingerprint density at radius 2 is 2.40 bits per heavy atom. The van der Waals surface area contributed by atoms with Crippen molar-refractivity contribution in [3.05, 3.63) is 46.9 Å². The van der Waals surface area contributed by atoms with Crippen LogP contribution in [0.15, 0.2) is 35.8 Å². The maximum absolute atomic E-state index is 10.5. The van der Waals surface area contributed by atoms with E-state index < -0.39 is 0 Å². The van der Waals surface area contributed by atoms with Gasteiger partial charge in [0.05, 0.1) is 0 Å². The quantitative estimate of drug-likeness (QED) is 0.605. The van der Waals surface area contributed by atoms with E-state index in [4.69, 9.17) is 0 Å². The molecular weight excluding hydrogens is 126 g/mol. The second kappa shape index (κ2) is 3.01. The van der Waals surface area contributed by atoms with Gasteiger partial charge in [-0.2, -0.15) is 0 Å². The Balaban J connectivity index is 2.89. The summed E-state index contributed by atoms with van der Waals surface area (Å²) in [6.07, 6.45) is 4.30. The van der Waals surface area contributed by atoms with Gasteiger partial charge in [-0.3, -0.25) is 4.79 Å². The van der Waals surface area contributed by atoms with Crippen LogP contribution in [-0.2, 0) is 6.42 Å². The summed E-state index contributed by atoms with van der Waals surface area (Å²) in [5.74, 6) is 0. The molecule has 0 aliphatic heterocycles. The second-order valence-electron chi connectivity index (χ2n) is 2.05. The van der Waals surface area contributed by atoms with Crippen LogP contribution in [0.2, 0.25) is 0 Å². The van der Waals surface area contributed by atoms with Crippen LogP contribution >= 0.6 is 0 Å². The van der Waals surface area contributed by atoms with E-state index in [1.165, 1.54) is 6.07 Å². The number of aromatic amines is 1. The molecule has 0 saturated heterocycles. The summed E-state index contributed by atoms with van der Waals surface area (Å²) in [6.45, 7) is 3.59. The van der Waals surface area contributed by atoms with E-state index in [2.05, 4.69) is 11.6 Å². The molecule has 1 aromatic rings. The smallest absolute Gasteiger partial charge is 0.247 e. The molecule has 0 radical (unpaired) electrons. The normalized spacial score (nSPS) is 9.20. The van der Waals surface area contributed by atoms with Crippen molar-refractivity contribution in [2.24, 2.45) is 0 Å². The first-order valence-electron chi connectivity index (χ1n) is 3.11. The lowest BCUT2D eigenvalue weighted by Crippen LogP contribution is -2.02. The van der Waals surface area contributed by atoms with Crippen molar-refractivity contribution in [1.82, 2.24) is 4.98 Å². The van der Waals surface area contributed by atoms with Crippen LogP contribution in [0, 0.1) is 0 Å². The minimum Gasteiger partial charge on any atom is -0.329 e. The first kappa shape index (κ1) is 6.81.